The third-order valence-corrected chi connectivity index (χ3v) is 6.41. The summed E-state index contributed by atoms with van der Waals surface area (Å²) in [5, 5.41) is 8.56. The van der Waals surface area contributed by atoms with Gasteiger partial charge < -0.3 is 4.52 Å². The molecule has 1 fully saturated rings. The van der Waals surface area contributed by atoms with Gasteiger partial charge in [0.2, 0.25) is 0 Å². The molecule has 9 heteroatoms. The first kappa shape index (κ1) is 17.8. The third kappa shape index (κ3) is 3.92. The van der Waals surface area contributed by atoms with E-state index in [1.807, 2.05) is 6.07 Å². The molecule has 1 aliphatic rings. The minimum Gasteiger partial charge on any atom is -0.361 e. The van der Waals surface area contributed by atoms with Crippen molar-refractivity contribution >= 4 is 9.84 Å². The van der Waals surface area contributed by atoms with E-state index in [-0.39, 0.29) is 23.4 Å². The van der Waals surface area contributed by atoms with Crippen LogP contribution in [-0.4, -0.2) is 39.8 Å². The van der Waals surface area contributed by atoms with Crippen LogP contribution in [0, 0.1) is 12.7 Å². The summed E-state index contributed by atoms with van der Waals surface area (Å²) in [6, 6.07) is 7.46. The van der Waals surface area contributed by atoms with Crippen molar-refractivity contribution in [3.8, 4) is 11.4 Å². The fourth-order valence-corrected chi connectivity index (χ4v) is 5.01. The third-order valence-electron chi connectivity index (χ3n) is 4.61. The standard InChI is InChI=1S/C18H19FN4O3S/c1-12-9-15(22-26-12)10-17-20-18(13-4-6-14(19)7-5-13)21-23(17)16-3-2-8-27(24,25)11-16/h4-7,9,16H,2-3,8,10-11H2,1H3. The number of sulfone groups is 1. The Labute approximate surface area is 156 Å². The molecular formula is C18H19FN4O3S. The molecular weight excluding hydrogens is 371 g/mol. The van der Waals surface area contributed by atoms with Crippen LogP contribution >= 0.6 is 0 Å². The summed E-state index contributed by atoms with van der Waals surface area (Å²) < 4.78 is 44.2. The van der Waals surface area contributed by atoms with Crippen molar-refractivity contribution < 1.29 is 17.3 Å². The Morgan fingerprint density at radius 2 is 2.07 bits per heavy atom. The Kier molecular flexibility index (Phi) is 4.55. The number of aromatic nitrogens is 4. The van der Waals surface area contributed by atoms with Gasteiger partial charge in [-0.2, -0.15) is 5.10 Å². The van der Waals surface area contributed by atoms with Crippen LogP contribution < -0.4 is 0 Å². The van der Waals surface area contributed by atoms with Gasteiger partial charge in [0.25, 0.3) is 0 Å². The quantitative estimate of drug-likeness (QED) is 0.680. The molecule has 4 rings (SSSR count). The number of hydrogen-bond donors (Lipinski definition) is 0. The molecule has 27 heavy (non-hydrogen) atoms. The molecule has 142 valence electrons. The lowest BCUT2D eigenvalue weighted by atomic mass is 10.2. The lowest BCUT2D eigenvalue weighted by Crippen LogP contribution is -2.29. The second-order valence-electron chi connectivity index (χ2n) is 6.82. The molecule has 0 amide bonds. The van der Waals surface area contributed by atoms with Gasteiger partial charge in [-0.25, -0.2) is 22.5 Å². The first-order valence-electron chi connectivity index (χ1n) is 8.73. The summed E-state index contributed by atoms with van der Waals surface area (Å²) in [5.41, 5.74) is 1.37. The van der Waals surface area contributed by atoms with Crippen LogP contribution in [0.25, 0.3) is 11.4 Å². The predicted octanol–water partition coefficient (Wildman–Crippen LogP) is 2.72. The van der Waals surface area contributed by atoms with E-state index in [9.17, 15) is 12.8 Å². The van der Waals surface area contributed by atoms with E-state index < -0.39 is 9.84 Å². The van der Waals surface area contributed by atoms with Crippen molar-refractivity contribution in [3.05, 3.63) is 53.4 Å². The molecule has 7 nitrogen and oxygen atoms in total. The Morgan fingerprint density at radius 1 is 1.30 bits per heavy atom. The van der Waals surface area contributed by atoms with Gasteiger partial charge in [-0.3, -0.25) is 0 Å². The summed E-state index contributed by atoms with van der Waals surface area (Å²) in [6.07, 6.45) is 1.69. The lowest BCUT2D eigenvalue weighted by Gasteiger charge is -2.23. The van der Waals surface area contributed by atoms with Crippen molar-refractivity contribution in [2.75, 3.05) is 11.5 Å². The lowest BCUT2D eigenvalue weighted by molar-refractivity contribution is 0.388. The summed E-state index contributed by atoms with van der Waals surface area (Å²) in [4.78, 5) is 4.59. The maximum Gasteiger partial charge on any atom is 0.181 e. The Bertz CT molecular complexity index is 1060. The highest BCUT2D eigenvalue weighted by atomic mass is 32.2. The molecule has 1 aliphatic heterocycles. The van der Waals surface area contributed by atoms with Gasteiger partial charge >= 0.3 is 0 Å². The fraction of sp³-hybridized carbons (Fsp3) is 0.389. The molecule has 0 N–H and O–H groups in total. The molecule has 2 aromatic heterocycles. The molecule has 3 heterocycles. The fourth-order valence-electron chi connectivity index (χ4n) is 3.34. The molecule has 1 unspecified atom stereocenters. The van der Waals surface area contributed by atoms with Crippen LogP contribution in [0.2, 0.25) is 0 Å². The summed E-state index contributed by atoms with van der Waals surface area (Å²) >= 11 is 0. The number of hydrogen-bond acceptors (Lipinski definition) is 6. The molecule has 0 radical (unpaired) electrons. The first-order chi connectivity index (χ1) is 12.9. The van der Waals surface area contributed by atoms with Gasteiger partial charge in [0, 0.05) is 11.6 Å². The van der Waals surface area contributed by atoms with Crippen LogP contribution in [0.3, 0.4) is 0 Å². The Balaban J connectivity index is 1.73. The largest absolute Gasteiger partial charge is 0.361 e. The van der Waals surface area contributed by atoms with Gasteiger partial charge in [-0.1, -0.05) is 5.16 Å². The normalized spacial score (nSPS) is 19.3. The summed E-state index contributed by atoms with van der Waals surface area (Å²) in [5.74, 6) is 1.66. The Morgan fingerprint density at radius 3 is 2.74 bits per heavy atom. The van der Waals surface area contributed by atoms with E-state index in [0.29, 0.717) is 41.5 Å². The van der Waals surface area contributed by atoms with E-state index in [2.05, 4.69) is 15.2 Å². The SMILES string of the molecule is Cc1cc(Cc2nc(-c3ccc(F)cc3)nn2C2CCCS(=O)(=O)C2)no1. The molecule has 1 aromatic carbocycles. The minimum atomic E-state index is -3.10. The van der Waals surface area contributed by atoms with Crippen molar-refractivity contribution in [1.82, 2.24) is 19.9 Å². The van der Waals surface area contributed by atoms with Crippen molar-refractivity contribution in [2.45, 2.75) is 32.2 Å². The number of rotatable bonds is 4. The average molecular weight is 390 g/mol. The summed E-state index contributed by atoms with van der Waals surface area (Å²) in [6.45, 7) is 1.80. The van der Waals surface area contributed by atoms with Crippen molar-refractivity contribution in [2.24, 2.45) is 0 Å². The monoisotopic (exact) mass is 390 g/mol. The highest BCUT2D eigenvalue weighted by Gasteiger charge is 2.29. The number of nitrogens with zero attached hydrogens (tertiary/aromatic N) is 4. The highest BCUT2D eigenvalue weighted by Crippen LogP contribution is 2.27. The van der Waals surface area contributed by atoms with Crippen LogP contribution in [-0.2, 0) is 16.3 Å². The maximum atomic E-state index is 13.2. The van der Waals surface area contributed by atoms with E-state index in [1.54, 1.807) is 23.7 Å². The second-order valence-corrected chi connectivity index (χ2v) is 9.05. The zero-order chi connectivity index (χ0) is 19.0. The molecule has 0 bridgehead atoms. The second kappa shape index (κ2) is 6.88. The zero-order valence-electron chi connectivity index (χ0n) is 14.8. The predicted molar refractivity (Wildman–Crippen MR) is 96.4 cm³/mol. The number of halogens is 1. The summed E-state index contributed by atoms with van der Waals surface area (Å²) in [7, 11) is -3.10. The molecule has 0 spiro atoms. The molecule has 0 aliphatic carbocycles. The van der Waals surface area contributed by atoms with E-state index in [0.717, 1.165) is 6.42 Å². The van der Waals surface area contributed by atoms with Crippen LogP contribution in [0.5, 0.6) is 0 Å². The van der Waals surface area contributed by atoms with Crippen molar-refractivity contribution in [3.63, 3.8) is 0 Å². The van der Waals surface area contributed by atoms with Gasteiger partial charge in [0.1, 0.15) is 17.4 Å². The van der Waals surface area contributed by atoms with Crippen LogP contribution in [0.1, 0.15) is 36.2 Å². The highest BCUT2D eigenvalue weighted by molar-refractivity contribution is 7.91. The van der Waals surface area contributed by atoms with Crippen molar-refractivity contribution in [1.29, 1.82) is 0 Å². The number of benzene rings is 1. The first-order valence-corrected chi connectivity index (χ1v) is 10.6. The van der Waals surface area contributed by atoms with Gasteiger partial charge in [0.05, 0.1) is 29.7 Å². The zero-order valence-corrected chi connectivity index (χ0v) is 15.6. The van der Waals surface area contributed by atoms with E-state index >= 15 is 0 Å². The van der Waals surface area contributed by atoms with Gasteiger partial charge in [-0.05, 0) is 44.0 Å². The van der Waals surface area contributed by atoms with E-state index in [1.165, 1.54) is 12.1 Å². The smallest absolute Gasteiger partial charge is 0.181 e. The maximum absolute atomic E-state index is 13.2. The van der Waals surface area contributed by atoms with E-state index in [4.69, 9.17) is 4.52 Å². The molecule has 1 saturated heterocycles. The van der Waals surface area contributed by atoms with Gasteiger partial charge in [-0.15, -0.1) is 0 Å². The average Bonchev–Trinajstić information content (AvgIpc) is 3.21. The molecule has 0 saturated carbocycles. The van der Waals surface area contributed by atoms with Crippen LogP contribution in [0.4, 0.5) is 4.39 Å². The minimum absolute atomic E-state index is 0.0457. The van der Waals surface area contributed by atoms with Crippen LogP contribution in [0.15, 0.2) is 34.9 Å². The topological polar surface area (TPSA) is 90.9 Å². The molecule has 3 aromatic rings. The van der Waals surface area contributed by atoms with Gasteiger partial charge in [0.15, 0.2) is 15.7 Å². The number of aryl methyl sites for hydroxylation is 1. The molecule has 1 atom stereocenters. The Hall–Kier alpha value is -2.55.